The maximum absolute atomic E-state index is 10.8. The fourth-order valence-corrected chi connectivity index (χ4v) is 12.8. The van der Waals surface area contributed by atoms with Gasteiger partial charge in [0.05, 0.1) is 6.10 Å². The van der Waals surface area contributed by atoms with Gasteiger partial charge >= 0.3 is 5.97 Å². The number of rotatable bonds is 23. The Kier molecular flexibility index (Phi) is 16.5. The Morgan fingerprint density at radius 3 is 2.04 bits per heavy atom. The third kappa shape index (κ3) is 10.1. The summed E-state index contributed by atoms with van der Waals surface area (Å²) in [5.74, 6) is 4.36. The van der Waals surface area contributed by atoms with Crippen LogP contribution in [0.3, 0.4) is 0 Å². The monoisotopic (exact) mass is 695 g/mol. The van der Waals surface area contributed by atoms with Crippen LogP contribution >= 0.6 is 0 Å². The summed E-state index contributed by atoms with van der Waals surface area (Å²) < 4.78 is 0. The maximum Gasteiger partial charge on any atom is 0.327 e. The van der Waals surface area contributed by atoms with Gasteiger partial charge in [-0.15, -0.1) is 0 Å². The number of carboxylic acid groups (broad SMARTS) is 1. The average Bonchev–Trinajstić information content (AvgIpc) is 3.43. The number of hydrogen-bond donors (Lipinski definition) is 2. The first-order valence-electron chi connectivity index (χ1n) is 22.3. The van der Waals surface area contributed by atoms with E-state index in [4.69, 9.17) is 5.11 Å². The number of hydrogen-bond acceptors (Lipinski definition) is 2. The van der Waals surface area contributed by atoms with E-state index in [2.05, 4.69) is 47.6 Å². The summed E-state index contributed by atoms with van der Waals surface area (Å²) in [6.45, 7) is 15.3. The van der Waals surface area contributed by atoms with Crippen LogP contribution in [-0.2, 0) is 4.79 Å². The van der Waals surface area contributed by atoms with E-state index in [1.807, 2.05) is 0 Å². The van der Waals surface area contributed by atoms with E-state index in [9.17, 15) is 9.90 Å². The first kappa shape index (κ1) is 41.7. The lowest BCUT2D eigenvalue weighted by Crippen LogP contribution is -2.58. The van der Waals surface area contributed by atoms with E-state index in [1.54, 1.807) is 11.6 Å². The van der Waals surface area contributed by atoms with Crippen LogP contribution in [0.15, 0.2) is 23.8 Å². The number of aliphatic carboxylic acids is 1. The highest BCUT2D eigenvalue weighted by molar-refractivity contribution is 5.79. The molecule has 0 radical (unpaired) electrons. The minimum atomic E-state index is -0.832. The van der Waals surface area contributed by atoms with Gasteiger partial charge in [-0.05, 0) is 129 Å². The molecule has 0 bridgehead atoms. The highest BCUT2D eigenvalue weighted by Crippen LogP contribution is 2.73. The van der Waals surface area contributed by atoms with Gasteiger partial charge in [0.1, 0.15) is 0 Å². The van der Waals surface area contributed by atoms with Crippen LogP contribution in [0.1, 0.15) is 208 Å². The molecule has 0 heterocycles. The Hall–Kier alpha value is -1.09. The summed E-state index contributed by atoms with van der Waals surface area (Å²) in [7, 11) is 0. The average molecular weight is 695 g/mol. The first-order chi connectivity index (χ1) is 24.0. The molecule has 0 aliphatic heterocycles. The van der Waals surface area contributed by atoms with Gasteiger partial charge in [-0.1, -0.05) is 149 Å². The molecule has 3 heteroatoms. The molecule has 0 aromatic rings. The van der Waals surface area contributed by atoms with Gasteiger partial charge in [0.15, 0.2) is 0 Å². The van der Waals surface area contributed by atoms with Crippen LogP contribution in [0.25, 0.3) is 0 Å². The third-order valence-electron chi connectivity index (χ3n) is 16.0. The van der Waals surface area contributed by atoms with E-state index >= 15 is 0 Å². The summed E-state index contributed by atoms with van der Waals surface area (Å²) in [6.07, 6.45) is 39.9. The second-order valence-electron chi connectivity index (χ2n) is 19.1. The summed E-state index contributed by atoms with van der Waals surface area (Å²) in [5.41, 5.74) is 2.90. The van der Waals surface area contributed by atoms with Crippen molar-refractivity contribution >= 4 is 5.97 Å². The van der Waals surface area contributed by atoms with E-state index in [-0.39, 0.29) is 6.10 Å². The van der Waals surface area contributed by atoms with Crippen molar-refractivity contribution in [2.75, 3.05) is 0 Å². The van der Waals surface area contributed by atoms with Crippen LogP contribution in [0.5, 0.6) is 0 Å². The molecule has 0 saturated heterocycles. The smallest absolute Gasteiger partial charge is 0.327 e. The molecule has 4 aliphatic rings. The molecule has 0 spiro atoms. The summed E-state index contributed by atoms with van der Waals surface area (Å²) in [5, 5.41) is 19.4. The van der Waals surface area contributed by atoms with Crippen molar-refractivity contribution in [1.82, 2.24) is 0 Å². The van der Waals surface area contributed by atoms with E-state index in [0.717, 1.165) is 61.2 Å². The molecule has 3 nitrogen and oxygen atoms in total. The van der Waals surface area contributed by atoms with Crippen molar-refractivity contribution in [2.24, 2.45) is 51.8 Å². The largest absolute Gasteiger partial charge is 0.478 e. The Morgan fingerprint density at radius 1 is 0.820 bits per heavy atom. The van der Waals surface area contributed by atoms with Crippen LogP contribution in [-0.4, -0.2) is 22.3 Å². The normalized spacial score (nSPS) is 33.6. The number of fused-ring (bicyclic) bond motifs is 5. The van der Waals surface area contributed by atoms with Gasteiger partial charge in [0.25, 0.3) is 0 Å². The third-order valence-corrected chi connectivity index (χ3v) is 16.0. The molecule has 3 fully saturated rings. The second kappa shape index (κ2) is 19.8. The zero-order valence-electron chi connectivity index (χ0n) is 34.0. The van der Waals surface area contributed by atoms with E-state index in [1.165, 1.54) is 147 Å². The van der Waals surface area contributed by atoms with Crippen molar-refractivity contribution in [3.8, 4) is 0 Å². The molecule has 2 unspecified atom stereocenters. The van der Waals surface area contributed by atoms with Crippen LogP contribution in [0, 0.1) is 51.8 Å². The van der Waals surface area contributed by atoms with Crippen molar-refractivity contribution in [3.05, 3.63) is 23.8 Å². The first-order valence-corrected chi connectivity index (χ1v) is 22.3. The van der Waals surface area contributed by atoms with Gasteiger partial charge < -0.3 is 10.2 Å². The number of aliphatic hydroxyl groups excluding tert-OH is 1. The highest BCUT2D eigenvalue weighted by atomic mass is 16.4. The number of carboxylic acids is 1. The van der Waals surface area contributed by atoms with Crippen LogP contribution < -0.4 is 0 Å². The molecule has 0 aromatic heterocycles. The van der Waals surface area contributed by atoms with Crippen molar-refractivity contribution < 1.29 is 15.0 Å². The van der Waals surface area contributed by atoms with Gasteiger partial charge in [-0.3, -0.25) is 0 Å². The number of unbranched alkanes of at least 4 members (excludes halogenated alkanes) is 13. The zero-order valence-corrected chi connectivity index (χ0v) is 34.0. The van der Waals surface area contributed by atoms with Gasteiger partial charge in [-0.2, -0.15) is 0 Å². The molecule has 288 valence electrons. The van der Waals surface area contributed by atoms with Gasteiger partial charge in [0, 0.05) is 6.08 Å². The molecule has 2 N–H and O–H groups in total. The number of carbonyl (C=O) groups is 1. The lowest BCUT2D eigenvalue weighted by atomic mass is 9.39. The van der Waals surface area contributed by atoms with Crippen molar-refractivity contribution in [3.63, 3.8) is 0 Å². The summed E-state index contributed by atoms with van der Waals surface area (Å²) in [6, 6.07) is 0. The van der Waals surface area contributed by atoms with Crippen molar-refractivity contribution in [1.29, 1.82) is 0 Å². The molecule has 4 rings (SSSR count). The fourth-order valence-electron chi connectivity index (χ4n) is 12.8. The summed E-state index contributed by atoms with van der Waals surface area (Å²) in [4.78, 5) is 10.5. The molecule has 9 atom stereocenters. The molecule has 4 aliphatic carbocycles. The number of aliphatic hydroxyl groups is 1. The van der Waals surface area contributed by atoms with Gasteiger partial charge in [-0.25, -0.2) is 4.79 Å². The molecule has 3 saturated carbocycles. The fraction of sp³-hybridized carbons (Fsp3) is 0.894. The van der Waals surface area contributed by atoms with Crippen LogP contribution in [0.4, 0.5) is 0 Å². The predicted molar refractivity (Wildman–Crippen MR) is 213 cm³/mol. The van der Waals surface area contributed by atoms with Gasteiger partial charge in [0.2, 0.25) is 0 Å². The Bertz CT molecular complexity index is 1070. The SMILES string of the molecule is CC[C@H](CC[C@@H](C)[C@H]1CC[C@H]2[C@@H]3CC=C4CC(O)CC[C@]4(C)C3(CCCCCCCCCCCCCCCC=CC(=O)O)CC[C@]12C)C(C)C. The molecule has 0 aromatic carbocycles. The highest BCUT2D eigenvalue weighted by Gasteiger charge is 2.65. The molecular weight excluding hydrogens is 613 g/mol. The van der Waals surface area contributed by atoms with E-state index < -0.39 is 5.97 Å². The quantitative estimate of drug-likeness (QED) is 0.0636. The molecule has 0 amide bonds. The van der Waals surface area contributed by atoms with Crippen LogP contribution in [0.2, 0.25) is 0 Å². The zero-order chi connectivity index (χ0) is 36.2. The molecule has 50 heavy (non-hydrogen) atoms. The Morgan fingerprint density at radius 2 is 1.44 bits per heavy atom. The maximum atomic E-state index is 10.8. The topological polar surface area (TPSA) is 57.5 Å². The second-order valence-corrected chi connectivity index (χ2v) is 19.1. The van der Waals surface area contributed by atoms with Crippen molar-refractivity contribution in [2.45, 2.75) is 215 Å². The summed E-state index contributed by atoms with van der Waals surface area (Å²) >= 11 is 0. The minimum absolute atomic E-state index is 0.120. The number of allylic oxidation sites excluding steroid dienone is 2. The standard InChI is InChI=1S/C47H82O3/c1-7-38(36(2)3)25-24-37(4)41-28-29-42-43-27-26-39-35-40(48)30-32-46(39,6)47(43,34-33-45(41,42)5)31-22-20-18-16-14-12-10-8-9-11-13-15-17-19-21-23-44(49)50/h21,23,26,36-38,40-43,48H,7-20,22,24-25,27-35H2,1-6H3,(H,49,50)/t37-,38-,40?,41-,42+,43+,45-,46+,47?/m1/s1. The molecular formula is C47H82O3. The van der Waals surface area contributed by atoms with E-state index in [0.29, 0.717) is 16.2 Å². The Labute approximate surface area is 310 Å². The predicted octanol–water partition coefficient (Wildman–Crippen LogP) is 13.9. The lowest BCUT2D eigenvalue weighted by Gasteiger charge is -2.66. The Balaban J connectivity index is 1.24. The minimum Gasteiger partial charge on any atom is -0.478 e. The lowest BCUT2D eigenvalue weighted by molar-refractivity contribution is -0.134.